The maximum atomic E-state index is 6.04. The van der Waals surface area contributed by atoms with Crippen molar-refractivity contribution in [3.8, 4) is 5.75 Å². The molecule has 0 bridgehead atoms. The summed E-state index contributed by atoms with van der Waals surface area (Å²) in [5, 5.41) is 0. The van der Waals surface area contributed by atoms with Crippen molar-refractivity contribution in [3.05, 3.63) is 29.3 Å². The molecule has 0 spiro atoms. The highest BCUT2D eigenvalue weighted by Gasteiger charge is 2.21. The summed E-state index contributed by atoms with van der Waals surface area (Å²) in [6, 6.07) is 6.59. The first-order valence-electron chi connectivity index (χ1n) is 7.47. The van der Waals surface area contributed by atoms with E-state index in [0.717, 1.165) is 31.9 Å². The van der Waals surface area contributed by atoms with Crippen LogP contribution in [0.15, 0.2) is 18.2 Å². The maximum absolute atomic E-state index is 6.04. The molecule has 1 unspecified atom stereocenters. The highest BCUT2D eigenvalue weighted by molar-refractivity contribution is 5.40. The molecule has 5 nitrogen and oxygen atoms in total. The third-order valence-electron chi connectivity index (χ3n) is 3.93. The minimum Gasteiger partial charge on any atom is -0.493 e. The van der Waals surface area contributed by atoms with Gasteiger partial charge in [-0.3, -0.25) is 4.90 Å². The summed E-state index contributed by atoms with van der Waals surface area (Å²) in [6.07, 6.45) is 0.983. The van der Waals surface area contributed by atoms with Gasteiger partial charge in [-0.05, 0) is 17.2 Å². The van der Waals surface area contributed by atoms with Crippen molar-refractivity contribution in [3.63, 3.8) is 0 Å². The lowest BCUT2D eigenvalue weighted by Gasteiger charge is -2.31. The van der Waals surface area contributed by atoms with Crippen molar-refractivity contribution >= 4 is 0 Å². The van der Waals surface area contributed by atoms with Crippen LogP contribution in [0, 0.1) is 0 Å². The van der Waals surface area contributed by atoms with Crippen LogP contribution in [0.2, 0.25) is 0 Å². The van der Waals surface area contributed by atoms with Crippen LogP contribution in [0.25, 0.3) is 0 Å². The fourth-order valence-electron chi connectivity index (χ4n) is 2.75. The van der Waals surface area contributed by atoms with E-state index in [9.17, 15) is 0 Å². The van der Waals surface area contributed by atoms with Gasteiger partial charge in [0.2, 0.25) is 0 Å². The van der Waals surface area contributed by atoms with Gasteiger partial charge in [0, 0.05) is 46.3 Å². The zero-order valence-electron chi connectivity index (χ0n) is 13.0. The van der Waals surface area contributed by atoms with E-state index < -0.39 is 0 Å². The fraction of sp³-hybridized carbons (Fsp3) is 0.625. The van der Waals surface area contributed by atoms with E-state index in [4.69, 9.17) is 19.9 Å². The molecule has 1 aliphatic heterocycles. The highest BCUT2D eigenvalue weighted by atomic mass is 16.5. The molecule has 0 saturated heterocycles. The average molecular weight is 294 g/mol. The van der Waals surface area contributed by atoms with Gasteiger partial charge in [-0.2, -0.15) is 0 Å². The van der Waals surface area contributed by atoms with Gasteiger partial charge in [0.1, 0.15) is 5.75 Å². The predicted octanol–water partition coefficient (Wildman–Crippen LogP) is 1.22. The largest absolute Gasteiger partial charge is 0.493 e. The van der Waals surface area contributed by atoms with Crippen molar-refractivity contribution < 1.29 is 14.2 Å². The zero-order valence-corrected chi connectivity index (χ0v) is 13.0. The van der Waals surface area contributed by atoms with Crippen molar-refractivity contribution in [1.82, 2.24) is 4.90 Å². The van der Waals surface area contributed by atoms with Gasteiger partial charge in [0.15, 0.2) is 0 Å². The smallest absolute Gasteiger partial charge is 0.122 e. The van der Waals surface area contributed by atoms with Crippen LogP contribution >= 0.6 is 0 Å². The minimum absolute atomic E-state index is 0.182. The lowest BCUT2D eigenvalue weighted by molar-refractivity contribution is 0.0891. The number of methoxy groups -OCH3 is 2. The topological polar surface area (TPSA) is 57.0 Å². The van der Waals surface area contributed by atoms with Gasteiger partial charge in [0.05, 0.1) is 19.8 Å². The van der Waals surface area contributed by atoms with Crippen LogP contribution in [-0.4, -0.2) is 58.6 Å². The number of fused-ring (bicyclic) bond motifs is 1. The van der Waals surface area contributed by atoms with Crippen LogP contribution in [0.4, 0.5) is 0 Å². The van der Waals surface area contributed by atoms with E-state index in [1.54, 1.807) is 14.2 Å². The summed E-state index contributed by atoms with van der Waals surface area (Å²) in [6.45, 7) is 4.42. The van der Waals surface area contributed by atoms with Gasteiger partial charge in [0.25, 0.3) is 0 Å². The SMILES string of the molecule is COCCN(CCOC)C(CN)c1ccc2c(c1)CCO2. The lowest BCUT2D eigenvalue weighted by atomic mass is 10.0. The molecule has 1 atom stereocenters. The third kappa shape index (κ3) is 4.17. The van der Waals surface area contributed by atoms with E-state index in [1.807, 2.05) is 0 Å². The Bertz CT molecular complexity index is 432. The molecule has 0 aromatic heterocycles. The number of ether oxygens (including phenoxy) is 3. The second kappa shape index (κ2) is 8.34. The van der Waals surface area contributed by atoms with Gasteiger partial charge in [-0.25, -0.2) is 0 Å². The van der Waals surface area contributed by atoms with E-state index in [-0.39, 0.29) is 6.04 Å². The second-order valence-corrected chi connectivity index (χ2v) is 5.24. The molecule has 1 aromatic rings. The Hall–Kier alpha value is -1.14. The second-order valence-electron chi connectivity index (χ2n) is 5.24. The van der Waals surface area contributed by atoms with E-state index in [0.29, 0.717) is 19.8 Å². The molecular weight excluding hydrogens is 268 g/mol. The molecular formula is C16H26N2O3. The molecule has 0 saturated carbocycles. The first-order chi connectivity index (χ1) is 10.3. The van der Waals surface area contributed by atoms with Crippen molar-refractivity contribution in [1.29, 1.82) is 0 Å². The zero-order chi connectivity index (χ0) is 15.1. The molecule has 21 heavy (non-hydrogen) atoms. The fourth-order valence-corrected chi connectivity index (χ4v) is 2.75. The van der Waals surface area contributed by atoms with E-state index >= 15 is 0 Å². The molecule has 0 fully saturated rings. The number of nitrogens with two attached hydrogens (primary N) is 1. The molecule has 2 N–H and O–H groups in total. The van der Waals surface area contributed by atoms with Gasteiger partial charge in [-0.1, -0.05) is 12.1 Å². The molecule has 0 aliphatic carbocycles. The summed E-state index contributed by atoms with van der Waals surface area (Å²) in [5.41, 5.74) is 8.57. The number of nitrogens with zero attached hydrogens (tertiary/aromatic N) is 1. The molecule has 0 amide bonds. The molecule has 0 radical (unpaired) electrons. The van der Waals surface area contributed by atoms with Crippen molar-refractivity contribution in [2.45, 2.75) is 12.5 Å². The Kier molecular flexibility index (Phi) is 6.45. The number of benzene rings is 1. The first kappa shape index (κ1) is 16.2. The van der Waals surface area contributed by atoms with Crippen LogP contribution in [0.5, 0.6) is 5.75 Å². The molecule has 1 aliphatic rings. The molecule has 2 rings (SSSR count). The molecule has 1 aromatic carbocycles. The Labute approximate surface area is 127 Å². The Morgan fingerprint density at radius 2 is 1.95 bits per heavy atom. The molecule has 118 valence electrons. The molecule has 5 heteroatoms. The summed E-state index contributed by atoms with van der Waals surface area (Å²) < 4.78 is 16.0. The van der Waals surface area contributed by atoms with Crippen LogP contribution in [0.3, 0.4) is 0 Å². The van der Waals surface area contributed by atoms with Crippen molar-refractivity contribution in [2.75, 3.05) is 53.7 Å². The normalized spacial score (nSPS) is 15.0. The maximum Gasteiger partial charge on any atom is 0.122 e. The standard InChI is InChI=1S/C16H26N2O3/c1-19-9-6-18(7-10-20-2)15(12-17)13-3-4-16-14(11-13)5-8-21-16/h3-4,11,15H,5-10,12,17H2,1-2H3. The van der Waals surface area contributed by atoms with Crippen LogP contribution < -0.4 is 10.5 Å². The third-order valence-corrected chi connectivity index (χ3v) is 3.93. The quantitative estimate of drug-likeness (QED) is 0.742. The van der Waals surface area contributed by atoms with Crippen LogP contribution in [0.1, 0.15) is 17.2 Å². The number of hydrogen-bond donors (Lipinski definition) is 1. The average Bonchev–Trinajstić information content (AvgIpc) is 2.97. The van der Waals surface area contributed by atoms with E-state index in [2.05, 4.69) is 23.1 Å². The Morgan fingerprint density at radius 1 is 1.24 bits per heavy atom. The van der Waals surface area contributed by atoms with Crippen molar-refractivity contribution in [2.24, 2.45) is 5.73 Å². The monoisotopic (exact) mass is 294 g/mol. The number of rotatable bonds is 9. The summed E-state index contributed by atoms with van der Waals surface area (Å²) in [4.78, 5) is 2.32. The first-order valence-corrected chi connectivity index (χ1v) is 7.47. The predicted molar refractivity (Wildman–Crippen MR) is 82.8 cm³/mol. The Balaban J connectivity index is 2.14. The van der Waals surface area contributed by atoms with E-state index in [1.165, 1.54) is 11.1 Å². The molecule has 1 heterocycles. The van der Waals surface area contributed by atoms with Gasteiger partial charge < -0.3 is 19.9 Å². The number of hydrogen-bond acceptors (Lipinski definition) is 5. The summed E-state index contributed by atoms with van der Waals surface area (Å²) in [5.74, 6) is 1.01. The summed E-state index contributed by atoms with van der Waals surface area (Å²) >= 11 is 0. The highest BCUT2D eigenvalue weighted by Crippen LogP contribution is 2.29. The summed E-state index contributed by atoms with van der Waals surface area (Å²) in [7, 11) is 3.44. The Morgan fingerprint density at radius 3 is 2.57 bits per heavy atom. The van der Waals surface area contributed by atoms with Gasteiger partial charge in [-0.15, -0.1) is 0 Å². The lowest BCUT2D eigenvalue weighted by Crippen LogP contribution is -2.38. The minimum atomic E-state index is 0.182. The van der Waals surface area contributed by atoms with Gasteiger partial charge >= 0.3 is 0 Å². The van der Waals surface area contributed by atoms with Crippen LogP contribution in [-0.2, 0) is 15.9 Å².